The second-order valence-electron chi connectivity index (χ2n) is 5.69. The van der Waals surface area contributed by atoms with Crippen LogP contribution in [0.15, 0.2) is 0 Å². The minimum atomic E-state index is -1.48. The maximum absolute atomic E-state index is 12.1. The number of carbonyl (C=O) groups is 2. The molecule has 1 fully saturated rings. The van der Waals surface area contributed by atoms with Crippen molar-refractivity contribution in [2.75, 3.05) is 6.54 Å². The summed E-state index contributed by atoms with van der Waals surface area (Å²) < 4.78 is 5.24. The van der Waals surface area contributed by atoms with Crippen LogP contribution in [0.5, 0.6) is 0 Å². The second kappa shape index (κ2) is 5.08. The van der Waals surface area contributed by atoms with E-state index in [1.54, 1.807) is 27.7 Å². The number of carboxylic acids is 1. The summed E-state index contributed by atoms with van der Waals surface area (Å²) in [6.45, 7) is 7.06. The molecular formula is C13H20N2O4. The molecule has 106 valence electrons. The Morgan fingerprint density at radius 2 is 2.11 bits per heavy atom. The third-order valence-electron chi connectivity index (χ3n) is 3.38. The number of ether oxygens (including phenoxy) is 1. The average molecular weight is 268 g/mol. The van der Waals surface area contributed by atoms with Crippen molar-refractivity contribution < 1.29 is 19.4 Å². The molecule has 6 nitrogen and oxygen atoms in total. The van der Waals surface area contributed by atoms with E-state index in [-0.39, 0.29) is 13.0 Å². The van der Waals surface area contributed by atoms with E-state index in [0.717, 1.165) is 0 Å². The molecule has 0 unspecified atom stereocenters. The highest BCUT2D eigenvalue weighted by atomic mass is 16.6. The first-order valence-corrected chi connectivity index (χ1v) is 6.32. The normalized spacial score (nSPS) is 26.9. The van der Waals surface area contributed by atoms with Crippen LogP contribution in [0.25, 0.3) is 0 Å². The van der Waals surface area contributed by atoms with Crippen LogP contribution >= 0.6 is 0 Å². The smallest absolute Gasteiger partial charge is 0.411 e. The maximum atomic E-state index is 12.1. The molecule has 0 saturated carbocycles. The maximum Gasteiger partial charge on any atom is 0.411 e. The van der Waals surface area contributed by atoms with Crippen molar-refractivity contribution >= 4 is 12.1 Å². The van der Waals surface area contributed by atoms with Crippen molar-refractivity contribution in [1.82, 2.24) is 4.90 Å². The zero-order chi connectivity index (χ0) is 14.8. The number of nitriles is 1. The van der Waals surface area contributed by atoms with Crippen LogP contribution < -0.4 is 0 Å². The van der Waals surface area contributed by atoms with Crippen LogP contribution in [0, 0.1) is 17.2 Å². The first kappa shape index (κ1) is 15.3. The van der Waals surface area contributed by atoms with Crippen molar-refractivity contribution in [3.8, 4) is 6.07 Å². The highest BCUT2D eigenvalue weighted by Crippen LogP contribution is 2.38. The lowest BCUT2D eigenvalue weighted by molar-refractivity contribution is -0.151. The van der Waals surface area contributed by atoms with Gasteiger partial charge in [-0.2, -0.15) is 5.26 Å². The molecule has 19 heavy (non-hydrogen) atoms. The first-order chi connectivity index (χ1) is 8.69. The van der Waals surface area contributed by atoms with E-state index >= 15 is 0 Å². The Morgan fingerprint density at radius 1 is 1.53 bits per heavy atom. The molecule has 0 aromatic carbocycles. The minimum absolute atomic E-state index is 0.180. The molecule has 0 aromatic heterocycles. The number of amides is 1. The second-order valence-corrected chi connectivity index (χ2v) is 5.69. The first-order valence-electron chi connectivity index (χ1n) is 6.32. The van der Waals surface area contributed by atoms with Gasteiger partial charge < -0.3 is 9.84 Å². The molecular weight excluding hydrogens is 248 g/mol. The number of likely N-dealkylation sites (tertiary alicyclic amines) is 1. The van der Waals surface area contributed by atoms with Crippen molar-refractivity contribution in [2.45, 2.75) is 51.7 Å². The zero-order valence-corrected chi connectivity index (χ0v) is 11.8. The summed E-state index contributed by atoms with van der Waals surface area (Å²) in [5.41, 5.74) is -2.17. The quantitative estimate of drug-likeness (QED) is 0.827. The lowest BCUT2D eigenvalue weighted by Gasteiger charge is -2.36. The van der Waals surface area contributed by atoms with Gasteiger partial charge in [-0.25, -0.2) is 9.59 Å². The van der Waals surface area contributed by atoms with Gasteiger partial charge in [0, 0.05) is 6.54 Å². The zero-order valence-electron chi connectivity index (χ0n) is 11.8. The number of aliphatic carboxylic acids is 1. The van der Waals surface area contributed by atoms with Crippen LogP contribution in [0.4, 0.5) is 4.79 Å². The Kier molecular flexibility index (Phi) is 4.09. The molecule has 0 aliphatic carbocycles. The van der Waals surface area contributed by atoms with Crippen LogP contribution in [0.3, 0.4) is 0 Å². The topological polar surface area (TPSA) is 90.6 Å². The molecule has 1 N–H and O–H groups in total. The third-order valence-corrected chi connectivity index (χ3v) is 3.38. The van der Waals surface area contributed by atoms with Crippen LogP contribution in [0.1, 0.15) is 40.5 Å². The van der Waals surface area contributed by atoms with E-state index in [0.29, 0.717) is 6.42 Å². The van der Waals surface area contributed by atoms with E-state index in [2.05, 4.69) is 0 Å². The van der Waals surface area contributed by atoms with Gasteiger partial charge in [0.05, 0.1) is 12.0 Å². The van der Waals surface area contributed by atoms with E-state index < -0.39 is 29.1 Å². The summed E-state index contributed by atoms with van der Waals surface area (Å²) in [5, 5.41) is 18.6. The van der Waals surface area contributed by atoms with Crippen molar-refractivity contribution in [3.63, 3.8) is 0 Å². The van der Waals surface area contributed by atoms with Gasteiger partial charge in [0.1, 0.15) is 5.60 Å². The van der Waals surface area contributed by atoms with Crippen LogP contribution in [-0.4, -0.2) is 39.8 Å². The molecule has 1 heterocycles. The van der Waals surface area contributed by atoms with Gasteiger partial charge in [-0.15, -0.1) is 0 Å². The summed E-state index contributed by atoms with van der Waals surface area (Å²) in [5.74, 6) is -1.85. The van der Waals surface area contributed by atoms with Crippen molar-refractivity contribution in [2.24, 2.45) is 5.92 Å². The summed E-state index contributed by atoms with van der Waals surface area (Å²) in [7, 11) is 0. The molecule has 1 rings (SSSR count). The van der Waals surface area contributed by atoms with Crippen molar-refractivity contribution in [3.05, 3.63) is 0 Å². The molecule has 1 aliphatic heterocycles. The number of carboxylic acid groups (broad SMARTS) is 1. The average Bonchev–Trinajstić information content (AvgIpc) is 2.65. The molecule has 6 heteroatoms. The Hall–Kier alpha value is -1.77. The highest BCUT2D eigenvalue weighted by Gasteiger charge is 2.56. The van der Waals surface area contributed by atoms with Gasteiger partial charge in [-0.3, -0.25) is 4.90 Å². The fraction of sp³-hybridized carbons (Fsp3) is 0.769. The standard InChI is InChI=1S/C13H20N2O4/c1-5-13(10(16)17)9(8-14)6-7-15(13)11(18)19-12(2,3)4/h9H,5-7H2,1-4H3,(H,16,17)/t9-,13+/m0/s1. The number of carbonyl (C=O) groups excluding carboxylic acids is 1. The van der Waals surface area contributed by atoms with Gasteiger partial charge >= 0.3 is 12.1 Å². The Morgan fingerprint density at radius 3 is 2.47 bits per heavy atom. The van der Waals surface area contributed by atoms with Gasteiger partial charge in [-0.1, -0.05) is 6.92 Å². The summed E-state index contributed by atoms with van der Waals surface area (Å²) in [4.78, 5) is 24.9. The molecule has 0 bridgehead atoms. The van der Waals surface area contributed by atoms with Gasteiger partial charge in [-0.05, 0) is 33.6 Å². The molecule has 0 aromatic rings. The Labute approximate surface area is 112 Å². The monoisotopic (exact) mass is 268 g/mol. The lowest BCUT2D eigenvalue weighted by atomic mass is 9.83. The van der Waals surface area contributed by atoms with Crippen molar-refractivity contribution in [1.29, 1.82) is 5.26 Å². The Balaban J connectivity index is 3.10. The summed E-state index contributed by atoms with van der Waals surface area (Å²) in [6, 6.07) is 2.00. The SMILES string of the molecule is CC[C@]1(C(=O)O)[C@H](C#N)CCN1C(=O)OC(C)(C)C. The van der Waals surface area contributed by atoms with E-state index in [4.69, 9.17) is 10.00 Å². The van der Waals surface area contributed by atoms with Crippen LogP contribution in [0.2, 0.25) is 0 Å². The highest BCUT2D eigenvalue weighted by molar-refractivity contribution is 5.86. The number of hydrogen-bond donors (Lipinski definition) is 1. The van der Waals surface area contributed by atoms with Crippen LogP contribution in [-0.2, 0) is 9.53 Å². The molecule has 1 saturated heterocycles. The lowest BCUT2D eigenvalue weighted by Crippen LogP contribution is -2.56. The fourth-order valence-corrected chi connectivity index (χ4v) is 2.48. The largest absolute Gasteiger partial charge is 0.479 e. The number of nitrogens with zero attached hydrogens (tertiary/aromatic N) is 2. The summed E-state index contributed by atoms with van der Waals surface area (Å²) in [6.07, 6.45) is -0.134. The molecule has 1 aliphatic rings. The fourth-order valence-electron chi connectivity index (χ4n) is 2.48. The van der Waals surface area contributed by atoms with Gasteiger partial charge in [0.2, 0.25) is 0 Å². The number of hydrogen-bond acceptors (Lipinski definition) is 4. The summed E-state index contributed by atoms with van der Waals surface area (Å²) >= 11 is 0. The van der Waals surface area contributed by atoms with Gasteiger partial charge in [0.15, 0.2) is 5.54 Å². The number of rotatable bonds is 2. The minimum Gasteiger partial charge on any atom is -0.479 e. The van der Waals surface area contributed by atoms with E-state index in [1.807, 2.05) is 6.07 Å². The Bertz CT molecular complexity index is 421. The molecule has 0 spiro atoms. The van der Waals surface area contributed by atoms with Gasteiger partial charge in [0.25, 0.3) is 0 Å². The molecule has 1 amide bonds. The molecule has 0 radical (unpaired) electrons. The molecule has 2 atom stereocenters. The van der Waals surface area contributed by atoms with E-state index in [9.17, 15) is 14.7 Å². The predicted octanol–water partition coefficient (Wildman–Crippen LogP) is 2.00. The third kappa shape index (κ3) is 2.65. The van der Waals surface area contributed by atoms with E-state index in [1.165, 1.54) is 4.90 Å². The predicted molar refractivity (Wildman–Crippen MR) is 67.3 cm³/mol.